The molecule has 2 unspecified atom stereocenters. The van der Waals surface area contributed by atoms with Crippen LogP contribution in [0.5, 0.6) is 0 Å². The second kappa shape index (κ2) is 6.43. The molecule has 0 spiro atoms. The van der Waals surface area contributed by atoms with E-state index in [2.05, 4.69) is 5.32 Å². The van der Waals surface area contributed by atoms with Crippen molar-refractivity contribution in [2.45, 2.75) is 39.2 Å². The highest BCUT2D eigenvalue weighted by molar-refractivity contribution is 6.30. The van der Waals surface area contributed by atoms with E-state index in [-0.39, 0.29) is 10.6 Å². The van der Waals surface area contributed by atoms with Crippen LogP contribution in [-0.4, -0.2) is 23.0 Å². The van der Waals surface area contributed by atoms with Gasteiger partial charge in [-0.3, -0.25) is 9.59 Å². The average Bonchev–Trinajstić information content (AvgIpc) is 2.36. The molecule has 0 saturated carbocycles. The summed E-state index contributed by atoms with van der Waals surface area (Å²) in [6.45, 7) is 6.26. The number of hydrogen-bond donors (Lipinski definition) is 2. The topological polar surface area (TPSA) is 66.4 Å². The predicted octanol–water partition coefficient (Wildman–Crippen LogP) is 2.98. The van der Waals surface area contributed by atoms with Crippen LogP contribution in [0.25, 0.3) is 0 Å². The summed E-state index contributed by atoms with van der Waals surface area (Å²) >= 11 is 5.70. The summed E-state index contributed by atoms with van der Waals surface area (Å²) in [6, 6.07) is 3.56. The number of nitrogens with one attached hydrogen (secondary N) is 1. The summed E-state index contributed by atoms with van der Waals surface area (Å²) in [5.74, 6) is -2.75. The molecule has 2 atom stereocenters. The van der Waals surface area contributed by atoms with Gasteiger partial charge in [-0.05, 0) is 39.8 Å². The molecule has 1 rings (SSSR count). The molecule has 0 heterocycles. The van der Waals surface area contributed by atoms with Crippen LogP contribution in [0, 0.1) is 11.7 Å². The molecule has 1 aromatic rings. The van der Waals surface area contributed by atoms with E-state index in [0.29, 0.717) is 0 Å². The average molecular weight is 316 g/mol. The molecule has 0 aliphatic carbocycles. The lowest BCUT2D eigenvalue weighted by Crippen LogP contribution is -2.47. The zero-order chi connectivity index (χ0) is 16.4. The van der Waals surface area contributed by atoms with E-state index in [4.69, 9.17) is 16.7 Å². The molecule has 6 heteroatoms. The van der Waals surface area contributed by atoms with Gasteiger partial charge in [0, 0.05) is 16.6 Å². The maximum absolute atomic E-state index is 14.0. The number of carbonyl (C=O) groups excluding carboxylic acids is 1. The van der Waals surface area contributed by atoms with E-state index >= 15 is 0 Å². The highest BCUT2D eigenvalue weighted by atomic mass is 35.5. The Bertz CT molecular complexity index is 560. The lowest BCUT2D eigenvalue weighted by molar-refractivity contribution is -0.142. The number of carboxylic acids is 1. The van der Waals surface area contributed by atoms with Gasteiger partial charge in [0.25, 0.3) is 0 Å². The van der Waals surface area contributed by atoms with Crippen LogP contribution in [0.2, 0.25) is 5.02 Å². The molecule has 0 aliphatic rings. The van der Waals surface area contributed by atoms with Gasteiger partial charge < -0.3 is 10.4 Å². The van der Waals surface area contributed by atoms with E-state index in [1.165, 1.54) is 19.1 Å². The van der Waals surface area contributed by atoms with Crippen molar-refractivity contribution in [1.82, 2.24) is 5.32 Å². The van der Waals surface area contributed by atoms with Crippen molar-refractivity contribution < 1.29 is 19.1 Å². The Kier molecular flexibility index (Phi) is 5.34. The summed E-state index contributed by atoms with van der Waals surface area (Å²) in [4.78, 5) is 23.2. The minimum Gasteiger partial charge on any atom is -0.481 e. The Hall–Kier alpha value is -1.62. The second-order valence-electron chi connectivity index (χ2n) is 5.64. The third kappa shape index (κ3) is 3.94. The van der Waals surface area contributed by atoms with Crippen molar-refractivity contribution >= 4 is 23.5 Å². The van der Waals surface area contributed by atoms with Gasteiger partial charge in [0.2, 0.25) is 5.91 Å². The summed E-state index contributed by atoms with van der Waals surface area (Å²) in [7, 11) is 0. The second-order valence-corrected chi connectivity index (χ2v) is 6.07. The van der Waals surface area contributed by atoms with Gasteiger partial charge in [0.05, 0.1) is 11.3 Å². The number of aliphatic carboxylic acids is 1. The van der Waals surface area contributed by atoms with Gasteiger partial charge in [-0.1, -0.05) is 17.7 Å². The Morgan fingerprint density at radius 3 is 2.38 bits per heavy atom. The molecule has 1 amide bonds. The molecule has 2 N–H and O–H groups in total. The number of benzene rings is 1. The Morgan fingerprint density at radius 1 is 1.33 bits per heavy atom. The van der Waals surface area contributed by atoms with Gasteiger partial charge in [-0.2, -0.15) is 0 Å². The quantitative estimate of drug-likeness (QED) is 0.878. The van der Waals surface area contributed by atoms with Crippen LogP contribution in [0.4, 0.5) is 4.39 Å². The van der Waals surface area contributed by atoms with Crippen LogP contribution in [0.15, 0.2) is 18.2 Å². The van der Waals surface area contributed by atoms with Gasteiger partial charge in [0.1, 0.15) is 5.82 Å². The Morgan fingerprint density at radius 2 is 1.90 bits per heavy atom. The van der Waals surface area contributed by atoms with Gasteiger partial charge in [0.15, 0.2) is 0 Å². The van der Waals surface area contributed by atoms with Crippen LogP contribution < -0.4 is 5.32 Å². The van der Waals surface area contributed by atoms with E-state index in [1.54, 1.807) is 20.8 Å². The zero-order valence-corrected chi connectivity index (χ0v) is 13.2. The number of rotatable bonds is 5. The lowest BCUT2D eigenvalue weighted by Gasteiger charge is -2.28. The summed E-state index contributed by atoms with van der Waals surface area (Å²) in [6.07, 6.45) is 0. The molecular weight excluding hydrogens is 297 g/mol. The Balaban J connectivity index is 2.96. The minimum absolute atomic E-state index is 0.208. The normalized spacial score (nSPS) is 14.4. The molecular formula is C15H19ClFNO3. The fraction of sp³-hybridized carbons (Fsp3) is 0.467. The number of halogens is 2. The van der Waals surface area contributed by atoms with Gasteiger partial charge in [-0.25, -0.2) is 4.39 Å². The molecule has 4 nitrogen and oxygen atoms in total. The van der Waals surface area contributed by atoms with E-state index in [0.717, 1.165) is 6.07 Å². The van der Waals surface area contributed by atoms with Crippen LogP contribution in [-0.2, 0) is 15.0 Å². The molecule has 116 valence electrons. The molecule has 0 fully saturated rings. The van der Waals surface area contributed by atoms with E-state index in [9.17, 15) is 14.0 Å². The standard InChI is InChI=1S/C15H19ClFNO3/c1-8(13(19)20)9(2)18-14(21)15(3,4)11-6-5-10(16)7-12(11)17/h5-9H,1-4H3,(H,18,21)(H,19,20). The van der Waals surface area contributed by atoms with Crippen molar-refractivity contribution in [3.8, 4) is 0 Å². The number of carbonyl (C=O) groups is 2. The molecule has 0 bridgehead atoms. The maximum Gasteiger partial charge on any atom is 0.308 e. The third-order valence-corrected chi connectivity index (χ3v) is 3.91. The number of carboxylic acid groups (broad SMARTS) is 1. The lowest BCUT2D eigenvalue weighted by atomic mass is 9.83. The SMILES string of the molecule is CC(NC(=O)C(C)(C)c1ccc(Cl)cc1F)C(C)C(=O)O. The smallest absolute Gasteiger partial charge is 0.308 e. The predicted molar refractivity (Wildman–Crippen MR) is 78.8 cm³/mol. The monoisotopic (exact) mass is 315 g/mol. The van der Waals surface area contributed by atoms with Crippen molar-refractivity contribution in [2.24, 2.45) is 5.92 Å². The van der Waals surface area contributed by atoms with Crippen LogP contribution in [0.3, 0.4) is 0 Å². The fourth-order valence-electron chi connectivity index (χ4n) is 1.84. The largest absolute Gasteiger partial charge is 0.481 e. The first-order valence-electron chi connectivity index (χ1n) is 6.56. The third-order valence-electron chi connectivity index (χ3n) is 3.67. The molecule has 0 saturated heterocycles. The first-order chi connectivity index (χ1) is 9.57. The van der Waals surface area contributed by atoms with Gasteiger partial charge in [-0.15, -0.1) is 0 Å². The summed E-state index contributed by atoms with van der Waals surface area (Å²) in [5.41, 5.74) is -0.930. The summed E-state index contributed by atoms with van der Waals surface area (Å²) < 4.78 is 14.0. The highest BCUT2D eigenvalue weighted by Crippen LogP contribution is 2.28. The highest BCUT2D eigenvalue weighted by Gasteiger charge is 2.34. The number of amides is 1. The first kappa shape index (κ1) is 17.4. The van der Waals surface area contributed by atoms with Crippen molar-refractivity contribution in [3.05, 3.63) is 34.6 Å². The molecule has 21 heavy (non-hydrogen) atoms. The Labute approximate surface area is 128 Å². The maximum atomic E-state index is 14.0. The molecule has 0 aromatic heterocycles. The van der Waals surface area contributed by atoms with Crippen LogP contribution >= 0.6 is 11.6 Å². The fourth-order valence-corrected chi connectivity index (χ4v) is 2.00. The summed E-state index contributed by atoms with van der Waals surface area (Å²) in [5, 5.41) is 11.8. The minimum atomic E-state index is -1.14. The molecule has 0 radical (unpaired) electrons. The van der Waals surface area contributed by atoms with E-state index in [1.807, 2.05) is 0 Å². The van der Waals surface area contributed by atoms with Crippen LogP contribution in [0.1, 0.15) is 33.3 Å². The molecule has 1 aromatic carbocycles. The van der Waals surface area contributed by atoms with Gasteiger partial charge >= 0.3 is 5.97 Å². The number of hydrogen-bond acceptors (Lipinski definition) is 2. The van der Waals surface area contributed by atoms with Crippen molar-refractivity contribution in [2.75, 3.05) is 0 Å². The first-order valence-corrected chi connectivity index (χ1v) is 6.94. The molecule has 0 aliphatic heterocycles. The van der Waals surface area contributed by atoms with Crippen molar-refractivity contribution in [3.63, 3.8) is 0 Å². The zero-order valence-electron chi connectivity index (χ0n) is 12.4. The van der Waals surface area contributed by atoms with Crippen molar-refractivity contribution in [1.29, 1.82) is 0 Å². The van der Waals surface area contributed by atoms with E-state index < -0.39 is 35.1 Å².